The van der Waals surface area contributed by atoms with E-state index >= 15 is 0 Å². The van der Waals surface area contributed by atoms with Crippen molar-refractivity contribution in [1.29, 1.82) is 5.41 Å². The average Bonchev–Trinajstić information content (AvgIpc) is 2.83. The van der Waals surface area contributed by atoms with Crippen molar-refractivity contribution in [3.05, 3.63) is 27.9 Å². The summed E-state index contributed by atoms with van der Waals surface area (Å²) in [4.78, 5) is 4.41. The second-order valence-corrected chi connectivity index (χ2v) is 6.38. The van der Waals surface area contributed by atoms with E-state index in [-0.39, 0.29) is 5.84 Å². The second-order valence-electron chi connectivity index (χ2n) is 4.28. The highest BCUT2D eigenvalue weighted by Gasteiger charge is 2.18. The number of amidine groups is 1. The van der Waals surface area contributed by atoms with Gasteiger partial charge in [-0.25, -0.2) is 4.98 Å². The minimum atomic E-state index is 0.0437. The Kier molecular flexibility index (Phi) is 4.72. The van der Waals surface area contributed by atoms with Crippen LogP contribution in [0.3, 0.4) is 0 Å². The number of hydrogen-bond donors (Lipinski definition) is 2. The molecule has 3 N–H and O–H groups in total. The number of aromatic nitrogens is 3. The van der Waals surface area contributed by atoms with Crippen LogP contribution in [0, 0.1) is 12.3 Å². The molecule has 2 heterocycles. The molecule has 0 aliphatic rings. The Hall–Kier alpha value is -1.47. The first-order chi connectivity index (χ1) is 9.56. The number of nitrogens with zero attached hydrogens (tertiary/aromatic N) is 3. The highest BCUT2D eigenvalue weighted by atomic mass is 32.2. The number of nitrogen functional groups attached to an aromatic ring is 1. The van der Waals surface area contributed by atoms with Gasteiger partial charge in [-0.05, 0) is 37.1 Å². The zero-order chi connectivity index (χ0) is 14.7. The van der Waals surface area contributed by atoms with E-state index in [9.17, 15) is 0 Å². The van der Waals surface area contributed by atoms with Gasteiger partial charge in [-0.15, -0.1) is 16.4 Å². The van der Waals surface area contributed by atoms with E-state index in [4.69, 9.17) is 11.1 Å². The summed E-state index contributed by atoms with van der Waals surface area (Å²) in [6, 6.07) is 0. The highest BCUT2D eigenvalue weighted by Crippen LogP contribution is 2.32. The van der Waals surface area contributed by atoms with Crippen LogP contribution in [-0.2, 0) is 12.8 Å². The Morgan fingerprint density at radius 1 is 1.35 bits per heavy atom. The summed E-state index contributed by atoms with van der Waals surface area (Å²) in [5, 5.41) is 19.0. The lowest BCUT2D eigenvalue weighted by Gasteiger charge is -2.13. The minimum absolute atomic E-state index is 0.0437. The fourth-order valence-corrected chi connectivity index (χ4v) is 3.83. The Morgan fingerprint density at radius 2 is 2.10 bits per heavy atom. The normalized spacial score (nSPS) is 10.8. The van der Waals surface area contributed by atoms with Crippen LogP contribution in [0.4, 0.5) is 0 Å². The molecular weight excluding hydrogens is 290 g/mol. The lowest BCUT2D eigenvalue weighted by molar-refractivity contribution is 0.819. The number of nitrogens with one attached hydrogen (secondary N) is 1. The van der Waals surface area contributed by atoms with Gasteiger partial charge < -0.3 is 5.73 Å². The standard InChI is InChI=1S/C13H17N5S2/c1-4-8-9(5-2)17-18-12(10(8)11(14)15)20-13-16-7(3)6-19-13/h6H,4-5H2,1-3H3,(H3,14,15). The molecule has 0 unspecified atom stereocenters. The van der Waals surface area contributed by atoms with E-state index in [1.165, 1.54) is 11.8 Å². The van der Waals surface area contributed by atoms with Gasteiger partial charge in [0, 0.05) is 11.1 Å². The van der Waals surface area contributed by atoms with Gasteiger partial charge in [-0.2, -0.15) is 5.10 Å². The number of aryl methyl sites for hydroxylation is 2. The van der Waals surface area contributed by atoms with E-state index in [2.05, 4.69) is 15.2 Å². The van der Waals surface area contributed by atoms with E-state index in [0.717, 1.165) is 34.1 Å². The molecule has 106 valence electrons. The molecule has 0 amide bonds. The third kappa shape index (κ3) is 2.99. The molecule has 2 aromatic rings. The fourth-order valence-electron chi connectivity index (χ4n) is 1.97. The zero-order valence-corrected chi connectivity index (χ0v) is 13.4. The van der Waals surface area contributed by atoms with Crippen LogP contribution < -0.4 is 5.73 Å². The van der Waals surface area contributed by atoms with Gasteiger partial charge in [0.1, 0.15) is 10.9 Å². The van der Waals surface area contributed by atoms with Crippen LogP contribution >= 0.6 is 23.1 Å². The molecule has 20 heavy (non-hydrogen) atoms. The van der Waals surface area contributed by atoms with Crippen molar-refractivity contribution in [3.8, 4) is 0 Å². The molecule has 0 saturated heterocycles. The summed E-state index contributed by atoms with van der Waals surface area (Å²) in [5.41, 5.74) is 9.38. The fraction of sp³-hybridized carbons (Fsp3) is 0.385. The maximum absolute atomic E-state index is 7.84. The predicted octanol–water partition coefficient (Wildman–Crippen LogP) is 2.80. The topological polar surface area (TPSA) is 88.5 Å². The predicted molar refractivity (Wildman–Crippen MR) is 82.8 cm³/mol. The third-order valence-corrected chi connectivity index (χ3v) is 4.90. The van der Waals surface area contributed by atoms with Crippen LogP contribution in [0.15, 0.2) is 14.7 Å². The van der Waals surface area contributed by atoms with Gasteiger partial charge in [-0.1, -0.05) is 13.8 Å². The molecule has 2 aromatic heterocycles. The van der Waals surface area contributed by atoms with E-state index in [1.807, 2.05) is 26.2 Å². The van der Waals surface area contributed by atoms with Crippen LogP contribution in [0.5, 0.6) is 0 Å². The van der Waals surface area contributed by atoms with Crippen molar-refractivity contribution < 1.29 is 0 Å². The second kappa shape index (κ2) is 6.32. The van der Waals surface area contributed by atoms with Gasteiger partial charge in [0.25, 0.3) is 0 Å². The largest absolute Gasteiger partial charge is 0.384 e. The molecule has 7 heteroatoms. The molecule has 0 aromatic carbocycles. The van der Waals surface area contributed by atoms with Crippen molar-refractivity contribution in [3.63, 3.8) is 0 Å². The van der Waals surface area contributed by atoms with Crippen molar-refractivity contribution in [2.24, 2.45) is 5.73 Å². The minimum Gasteiger partial charge on any atom is -0.384 e. The molecule has 2 rings (SSSR count). The van der Waals surface area contributed by atoms with Crippen molar-refractivity contribution in [1.82, 2.24) is 15.2 Å². The number of thiazole rings is 1. The van der Waals surface area contributed by atoms with E-state index in [1.54, 1.807) is 11.3 Å². The molecule has 0 aliphatic carbocycles. The summed E-state index contributed by atoms with van der Waals surface area (Å²) in [7, 11) is 0. The van der Waals surface area contributed by atoms with Crippen LogP contribution in [0.1, 0.15) is 36.4 Å². The van der Waals surface area contributed by atoms with Gasteiger partial charge in [0.05, 0.1) is 11.3 Å². The van der Waals surface area contributed by atoms with Gasteiger partial charge in [0.15, 0.2) is 4.34 Å². The molecule has 0 aliphatic heterocycles. The quantitative estimate of drug-likeness (QED) is 0.655. The summed E-state index contributed by atoms with van der Waals surface area (Å²) in [5.74, 6) is 0.0437. The van der Waals surface area contributed by atoms with Gasteiger partial charge >= 0.3 is 0 Å². The molecular formula is C13H17N5S2. The lowest BCUT2D eigenvalue weighted by atomic mass is 10.0. The Labute approximate surface area is 126 Å². The maximum atomic E-state index is 7.84. The first-order valence-corrected chi connectivity index (χ1v) is 8.09. The first kappa shape index (κ1) is 14.9. The number of nitrogens with two attached hydrogens (primary N) is 1. The summed E-state index contributed by atoms with van der Waals surface area (Å²) in [6.07, 6.45) is 1.58. The molecule has 0 saturated carbocycles. The lowest BCUT2D eigenvalue weighted by Crippen LogP contribution is -2.18. The monoisotopic (exact) mass is 307 g/mol. The van der Waals surface area contributed by atoms with Crippen molar-refractivity contribution >= 4 is 28.9 Å². The molecule has 0 radical (unpaired) electrons. The third-order valence-electron chi connectivity index (χ3n) is 2.87. The van der Waals surface area contributed by atoms with Crippen LogP contribution in [0.2, 0.25) is 0 Å². The SMILES string of the molecule is CCc1nnc(Sc2nc(C)cs2)c(C(=N)N)c1CC. The van der Waals surface area contributed by atoms with Crippen molar-refractivity contribution in [2.45, 2.75) is 43.0 Å². The summed E-state index contributed by atoms with van der Waals surface area (Å²) < 4.78 is 0.894. The van der Waals surface area contributed by atoms with E-state index < -0.39 is 0 Å². The van der Waals surface area contributed by atoms with E-state index in [0.29, 0.717) is 10.6 Å². The van der Waals surface area contributed by atoms with Crippen molar-refractivity contribution in [2.75, 3.05) is 0 Å². The maximum Gasteiger partial charge on any atom is 0.156 e. The molecule has 0 atom stereocenters. The molecule has 5 nitrogen and oxygen atoms in total. The average molecular weight is 307 g/mol. The smallest absolute Gasteiger partial charge is 0.156 e. The van der Waals surface area contributed by atoms with Crippen LogP contribution in [-0.4, -0.2) is 21.0 Å². The zero-order valence-electron chi connectivity index (χ0n) is 11.7. The van der Waals surface area contributed by atoms with Crippen LogP contribution in [0.25, 0.3) is 0 Å². The Morgan fingerprint density at radius 3 is 2.60 bits per heavy atom. The van der Waals surface area contributed by atoms with Gasteiger partial charge in [-0.3, -0.25) is 5.41 Å². The summed E-state index contributed by atoms with van der Waals surface area (Å²) >= 11 is 2.99. The summed E-state index contributed by atoms with van der Waals surface area (Å²) in [6.45, 7) is 6.03. The number of rotatable bonds is 5. The molecule has 0 bridgehead atoms. The Bertz CT molecular complexity index is 636. The molecule has 0 spiro atoms. The number of hydrogen-bond acceptors (Lipinski definition) is 6. The highest BCUT2D eigenvalue weighted by molar-refractivity contribution is 8.01. The van der Waals surface area contributed by atoms with Gasteiger partial charge in [0.2, 0.25) is 0 Å². The first-order valence-electron chi connectivity index (χ1n) is 6.39. The molecule has 0 fully saturated rings. The Balaban J connectivity index is 2.49.